The SMILES string of the molecule is CC(=O)c1ccc(Nc2nccc(-c3ccnn3-c3ccccc3)n2)cc1. The highest BCUT2D eigenvalue weighted by molar-refractivity contribution is 5.94. The lowest BCUT2D eigenvalue weighted by Gasteiger charge is -2.09. The molecule has 2 aromatic heterocycles. The van der Waals surface area contributed by atoms with Gasteiger partial charge in [-0.2, -0.15) is 5.10 Å². The van der Waals surface area contributed by atoms with Gasteiger partial charge >= 0.3 is 0 Å². The Morgan fingerprint density at radius 2 is 1.70 bits per heavy atom. The minimum absolute atomic E-state index is 0.0361. The quantitative estimate of drug-likeness (QED) is 0.541. The number of rotatable bonds is 5. The maximum absolute atomic E-state index is 11.4. The second-order valence-electron chi connectivity index (χ2n) is 5.99. The van der Waals surface area contributed by atoms with Crippen LogP contribution >= 0.6 is 0 Å². The van der Waals surface area contributed by atoms with Gasteiger partial charge in [-0.25, -0.2) is 14.6 Å². The van der Waals surface area contributed by atoms with E-state index in [9.17, 15) is 4.79 Å². The number of aromatic nitrogens is 4. The molecule has 0 amide bonds. The molecule has 0 unspecified atom stereocenters. The summed E-state index contributed by atoms with van der Waals surface area (Å²) in [6, 6.07) is 20.9. The first-order valence-corrected chi connectivity index (χ1v) is 8.51. The largest absolute Gasteiger partial charge is 0.324 e. The van der Waals surface area contributed by atoms with Crippen LogP contribution < -0.4 is 5.32 Å². The Labute approximate surface area is 156 Å². The van der Waals surface area contributed by atoms with Crippen LogP contribution in [0.3, 0.4) is 0 Å². The summed E-state index contributed by atoms with van der Waals surface area (Å²) in [7, 11) is 0. The van der Waals surface area contributed by atoms with Gasteiger partial charge < -0.3 is 5.32 Å². The molecule has 0 atom stereocenters. The van der Waals surface area contributed by atoms with Crippen molar-refractivity contribution in [1.29, 1.82) is 0 Å². The number of nitrogens with zero attached hydrogens (tertiary/aromatic N) is 4. The van der Waals surface area contributed by atoms with Gasteiger partial charge in [0, 0.05) is 17.4 Å². The molecule has 0 saturated heterocycles. The molecular formula is C21H17N5O. The minimum Gasteiger partial charge on any atom is -0.324 e. The van der Waals surface area contributed by atoms with Gasteiger partial charge in [-0.15, -0.1) is 0 Å². The highest BCUT2D eigenvalue weighted by atomic mass is 16.1. The molecule has 1 N–H and O–H groups in total. The lowest BCUT2D eigenvalue weighted by atomic mass is 10.1. The maximum Gasteiger partial charge on any atom is 0.227 e. The molecular weight excluding hydrogens is 338 g/mol. The molecule has 132 valence electrons. The number of nitrogens with one attached hydrogen (secondary N) is 1. The van der Waals surface area contributed by atoms with E-state index in [1.54, 1.807) is 31.5 Å². The van der Waals surface area contributed by atoms with E-state index in [4.69, 9.17) is 0 Å². The first-order chi connectivity index (χ1) is 13.2. The fraction of sp³-hybridized carbons (Fsp3) is 0.0476. The van der Waals surface area contributed by atoms with Crippen LogP contribution in [0.5, 0.6) is 0 Å². The van der Waals surface area contributed by atoms with Crippen LogP contribution in [-0.2, 0) is 0 Å². The van der Waals surface area contributed by atoms with Crippen LogP contribution in [0.4, 0.5) is 11.6 Å². The Morgan fingerprint density at radius 3 is 2.44 bits per heavy atom. The lowest BCUT2D eigenvalue weighted by Crippen LogP contribution is -2.02. The molecule has 0 fully saturated rings. The van der Waals surface area contributed by atoms with Crippen molar-refractivity contribution in [2.24, 2.45) is 0 Å². The molecule has 0 bridgehead atoms. The molecule has 0 radical (unpaired) electrons. The summed E-state index contributed by atoms with van der Waals surface area (Å²) in [5, 5.41) is 7.58. The Morgan fingerprint density at radius 1 is 0.926 bits per heavy atom. The standard InChI is InChI=1S/C21H17N5O/c1-15(27)16-7-9-17(10-8-16)24-21-22-13-11-19(25-21)20-12-14-23-26(20)18-5-3-2-4-6-18/h2-14H,1H3,(H,22,24,25). The highest BCUT2D eigenvalue weighted by Crippen LogP contribution is 2.22. The normalized spacial score (nSPS) is 10.6. The van der Waals surface area contributed by atoms with Crippen LogP contribution in [0.1, 0.15) is 17.3 Å². The Hall–Kier alpha value is -3.80. The molecule has 4 aromatic rings. The number of para-hydroxylation sites is 1. The van der Waals surface area contributed by atoms with Crippen molar-refractivity contribution < 1.29 is 4.79 Å². The van der Waals surface area contributed by atoms with Gasteiger partial charge in [0.15, 0.2) is 5.78 Å². The number of carbonyl (C=O) groups excluding carboxylic acids is 1. The van der Waals surface area contributed by atoms with E-state index >= 15 is 0 Å². The van der Waals surface area contributed by atoms with E-state index < -0.39 is 0 Å². The van der Waals surface area contributed by atoms with Gasteiger partial charge in [0.05, 0.1) is 23.3 Å². The topological polar surface area (TPSA) is 72.7 Å². The van der Waals surface area contributed by atoms with Crippen molar-refractivity contribution in [3.8, 4) is 17.1 Å². The monoisotopic (exact) mass is 355 g/mol. The molecule has 0 aliphatic heterocycles. The van der Waals surface area contributed by atoms with Crippen molar-refractivity contribution in [3.63, 3.8) is 0 Å². The predicted molar refractivity (Wildman–Crippen MR) is 104 cm³/mol. The number of hydrogen-bond acceptors (Lipinski definition) is 5. The molecule has 6 heteroatoms. The smallest absolute Gasteiger partial charge is 0.227 e. The maximum atomic E-state index is 11.4. The van der Waals surface area contributed by atoms with Crippen LogP contribution in [0, 0.1) is 0 Å². The fourth-order valence-electron chi connectivity index (χ4n) is 2.75. The highest BCUT2D eigenvalue weighted by Gasteiger charge is 2.10. The number of hydrogen-bond donors (Lipinski definition) is 1. The zero-order valence-corrected chi connectivity index (χ0v) is 14.7. The van der Waals surface area contributed by atoms with Crippen molar-refractivity contribution in [2.75, 3.05) is 5.32 Å². The molecule has 2 heterocycles. The first-order valence-electron chi connectivity index (χ1n) is 8.51. The summed E-state index contributed by atoms with van der Waals surface area (Å²) in [6.45, 7) is 1.55. The van der Waals surface area contributed by atoms with Gasteiger partial charge in [-0.1, -0.05) is 18.2 Å². The molecule has 0 saturated carbocycles. The Kier molecular flexibility index (Phi) is 4.45. The number of benzene rings is 2. The molecule has 0 aliphatic carbocycles. The average molecular weight is 355 g/mol. The third-order valence-electron chi connectivity index (χ3n) is 4.11. The average Bonchev–Trinajstić information content (AvgIpc) is 3.19. The second-order valence-corrected chi connectivity index (χ2v) is 5.99. The predicted octanol–water partition coefficient (Wildman–Crippen LogP) is 4.28. The molecule has 0 spiro atoms. The summed E-state index contributed by atoms with van der Waals surface area (Å²) in [5.41, 5.74) is 4.08. The van der Waals surface area contributed by atoms with Gasteiger partial charge in [0.2, 0.25) is 5.95 Å². The third-order valence-corrected chi connectivity index (χ3v) is 4.11. The van der Waals surface area contributed by atoms with Gasteiger partial charge in [0.25, 0.3) is 0 Å². The first kappa shape index (κ1) is 16.7. The zero-order chi connectivity index (χ0) is 18.6. The minimum atomic E-state index is 0.0361. The van der Waals surface area contributed by atoms with E-state index in [1.165, 1.54) is 0 Å². The Balaban J connectivity index is 1.62. The second kappa shape index (κ2) is 7.21. The number of carbonyl (C=O) groups is 1. The van der Waals surface area contributed by atoms with E-state index in [0.29, 0.717) is 11.5 Å². The lowest BCUT2D eigenvalue weighted by molar-refractivity contribution is 0.101. The number of anilines is 2. The summed E-state index contributed by atoms with van der Waals surface area (Å²) in [6.07, 6.45) is 3.45. The van der Waals surface area contributed by atoms with Gasteiger partial charge in [-0.3, -0.25) is 4.79 Å². The van der Waals surface area contributed by atoms with E-state index in [2.05, 4.69) is 20.4 Å². The summed E-state index contributed by atoms with van der Waals surface area (Å²) in [4.78, 5) is 20.3. The van der Waals surface area contributed by atoms with Crippen molar-refractivity contribution >= 4 is 17.4 Å². The van der Waals surface area contributed by atoms with Gasteiger partial charge in [-0.05, 0) is 55.5 Å². The summed E-state index contributed by atoms with van der Waals surface area (Å²) in [5.74, 6) is 0.512. The van der Waals surface area contributed by atoms with Crippen molar-refractivity contribution in [1.82, 2.24) is 19.7 Å². The van der Waals surface area contributed by atoms with E-state index in [0.717, 1.165) is 22.8 Å². The zero-order valence-electron chi connectivity index (χ0n) is 14.7. The van der Waals surface area contributed by atoms with E-state index in [-0.39, 0.29) is 5.78 Å². The number of ketones is 1. The van der Waals surface area contributed by atoms with Crippen molar-refractivity contribution in [3.05, 3.63) is 84.7 Å². The van der Waals surface area contributed by atoms with Crippen LogP contribution in [-0.4, -0.2) is 25.5 Å². The molecule has 4 rings (SSSR count). The molecule has 0 aliphatic rings. The number of Topliss-reactive ketones (excluding diaryl/α,β-unsaturated/α-hetero) is 1. The van der Waals surface area contributed by atoms with Crippen LogP contribution in [0.15, 0.2) is 79.1 Å². The summed E-state index contributed by atoms with van der Waals surface area (Å²) >= 11 is 0. The fourth-order valence-corrected chi connectivity index (χ4v) is 2.75. The summed E-state index contributed by atoms with van der Waals surface area (Å²) < 4.78 is 1.84. The third kappa shape index (κ3) is 3.59. The molecule has 6 nitrogen and oxygen atoms in total. The Bertz CT molecular complexity index is 1070. The van der Waals surface area contributed by atoms with Gasteiger partial charge in [0.1, 0.15) is 0 Å². The van der Waals surface area contributed by atoms with Crippen molar-refractivity contribution in [2.45, 2.75) is 6.92 Å². The van der Waals surface area contributed by atoms with Crippen LogP contribution in [0.2, 0.25) is 0 Å². The molecule has 2 aromatic carbocycles. The molecule has 27 heavy (non-hydrogen) atoms. The van der Waals surface area contributed by atoms with Crippen LogP contribution in [0.25, 0.3) is 17.1 Å². The van der Waals surface area contributed by atoms with E-state index in [1.807, 2.05) is 59.3 Å².